The van der Waals surface area contributed by atoms with E-state index in [0.29, 0.717) is 11.4 Å². The number of hydrogen-bond acceptors (Lipinski definition) is 4. The monoisotopic (exact) mass is 529 g/mol. The van der Waals surface area contributed by atoms with Gasteiger partial charge in [-0.3, -0.25) is 14.5 Å². The fraction of sp³-hybridized carbons (Fsp3) is 0.286. The van der Waals surface area contributed by atoms with Crippen LogP contribution in [0.4, 0.5) is 4.79 Å². The average molecular weight is 529 g/mol. The zero-order valence-corrected chi connectivity index (χ0v) is 16.6. The van der Waals surface area contributed by atoms with Crippen LogP contribution < -0.4 is 4.74 Å². The van der Waals surface area contributed by atoms with Crippen LogP contribution in [0.2, 0.25) is 0 Å². The summed E-state index contributed by atoms with van der Waals surface area (Å²) >= 11 is 5.39. The number of ether oxygens (including phenoxy) is 1. The summed E-state index contributed by atoms with van der Waals surface area (Å²) in [5.41, 5.74) is 0.895. The predicted octanol–water partition coefficient (Wildman–Crippen LogP) is 4.35. The number of amides is 2. The van der Waals surface area contributed by atoms with Crippen molar-refractivity contribution in [2.75, 3.05) is 13.7 Å². The van der Waals surface area contributed by atoms with E-state index in [1.807, 2.05) is 19.1 Å². The van der Waals surface area contributed by atoms with Gasteiger partial charge in [0, 0.05) is 6.54 Å². The van der Waals surface area contributed by atoms with Gasteiger partial charge in [-0.2, -0.15) is 0 Å². The molecule has 2 rings (SSSR count). The molecule has 1 aromatic rings. The van der Waals surface area contributed by atoms with Crippen LogP contribution in [0.1, 0.15) is 18.9 Å². The molecule has 1 aliphatic heterocycles. The molecular weight excluding hydrogens is 516 g/mol. The van der Waals surface area contributed by atoms with E-state index < -0.39 is 0 Å². The molecule has 0 spiro atoms. The molecule has 1 aromatic carbocycles. The Morgan fingerprint density at radius 2 is 1.90 bits per heavy atom. The molecule has 0 saturated carbocycles. The van der Waals surface area contributed by atoms with Crippen LogP contribution in [-0.4, -0.2) is 29.7 Å². The molecular formula is C14H13I2NO3S. The number of methoxy groups -OCH3 is 1. The molecule has 21 heavy (non-hydrogen) atoms. The second-order valence-electron chi connectivity index (χ2n) is 4.35. The summed E-state index contributed by atoms with van der Waals surface area (Å²) in [6.45, 7) is 2.42. The molecule has 1 fully saturated rings. The predicted molar refractivity (Wildman–Crippen MR) is 101 cm³/mol. The second kappa shape index (κ2) is 7.32. The van der Waals surface area contributed by atoms with Gasteiger partial charge in [-0.05, 0) is 87.1 Å². The highest BCUT2D eigenvalue weighted by Crippen LogP contribution is 2.34. The fourth-order valence-corrected chi connectivity index (χ4v) is 5.05. The lowest BCUT2D eigenvalue weighted by Gasteiger charge is -2.10. The van der Waals surface area contributed by atoms with Crippen molar-refractivity contribution in [2.24, 2.45) is 0 Å². The smallest absolute Gasteiger partial charge is 0.293 e. The Morgan fingerprint density at radius 3 is 2.43 bits per heavy atom. The topological polar surface area (TPSA) is 46.6 Å². The standard InChI is InChI=1S/C14H13I2NO3S/c1-3-4-17-13(18)11(21-14(17)19)7-8-5-9(15)12(20-2)10(16)6-8/h5-7H,3-4H2,1-2H3/b11-7+. The Hall–Kier alpha value is -0.290. The van der Waals surface area contributed by atoms with Gasteiger partial charge in [0.05, 0.1) is 19.2 Å². The zero-order chi connectivity index (χ0) is 15.6. The summed E-state index contributed by atoms with van der Waals surface area (Å²) in [6.07, 6.45) is 2.54. The minimum absolute atomic E-state index is 0.189. The Labute approximate surface area is 154 Å². The van der Waals surface area contributed by atoms with Crippen LogP contribution >= 0.6 is 56.9 Å². The number of rotatable bonds is 4. The first-order valence-electron chi connectivity index (χ1n) is 6.26. The van der Waals surface area contributed by atoms with Gasteiger partial charge in [-0.1, -0.05) is 6.92 Å². The van der Waals surface area contributed by atoms with Crippen molar-refractivity contribution >= 4 is 74.2 Å². The third-order valence-electron chi connectivity index (χ3n) is 2.84. The number of nitrogens with zero attached hydrogens (tertiary/aromatic N) is 1. The van der Waals surface area contributed by atoms with E-state index in [4.69, 9.17) is 4.74 Å². The largest absolute Gasteiger partial charge is 0.495 e. The number of carbonyl (C=O) groups is 2. The van der Waals surface area contributed by atoms with Gasteiger partial charge in [-0.25, -0.2) is 0 Å². The summed E-state index contributed by atoms with van der Waals surface area (Å²) in [6, 6.07) is 3.88. The molecule has 0 radical (unpaired) electrons. The van der Waals surface area contributed by atoms with Crippen molar-refractivity contribution in [1.82, 2.24) is 4.90 Å². The van der Waals surface area contributed by atoms with E-state index in [1.165, 1.54) is 4.90 Å². The molecule has 7 heteroatoms. The van der Waals surface area contributed by atoms with Gasteiger partial charge in [0.15, 0.2) is 0 Å². The van der Waals surface area contributed by atoms with E-state index in [-0.39, 0.29) is 11.1 Å². The summed E-state index contributed by atoms with van der Waals surface area (Å²) in [7, 11) is 1.63. The van der Waals surface area contributed by atoms with Gasteiger partial charge in [0.2, 0.25) is 0 Å². The molecule has 0 unspecified atom stereocenters. The molecule has 1 heterocycles. The average Bonchev–Trinajstić information content (AvgIpc) is 2.66. The van der Waals surface area contributed by atoms with Gasteiger partial charge in [0.25, 0.3) is 11.1 Å². The van der Waals surface area contributed by atoms with Gasteiger partial charge in [0.1, 0.15) is 5.75 Å². The lowest BCUT2D eigenvalue weighted by Crippen LogP contribution is -2.28. The van der Waals surface area contributed by atoms with Crippen LogP contribution in [0, 0.1) is 7.14 Å². The van der Waals surface area contributed by atoms with E-state index in [9.17, 15) is 9.59 Å². The Bertz CT molecular complexity index is 608. The number of hydrogen-bond donors (Lipinski definition) is 0. The van der Waals surface area contributed by atoms with Gasteiger partial charge >= 0.3 is 0 Å². The minimum atomic E-state index is -0.201. The fourth-order valence-electron chi connectivity index (χ4n) is 1.93. The molecule has 0 atom stereocenters. The Kier molecular flexibility index (Phi) is 5.95. The van der Waals surface area contributed by atoms with E-state index in [0.717, 1.165) is 36.6 Å². The molecule has 1 aliphatic rings. The number of thioether (sulfide) groups is 1. The quantitative estimate of drug-likeness (QED) is 0.430. The summed E-state index contributed by atoms with van der Waals surface area (Å²) in [5.74, 6) is 0.625. The minimum Gasteiger partial charge on any atom is -0.495 e. The van der Waals surface area contributed by atoms with Crippen LogP contribution in [0.3, 0.4) is 0 Å². The molecule has 0 N–H and O–H groups in total. The van der Waals surface area contributed by atoms with E-state index in [1.54, 1.807) is 13.2 Å². The molecule has 1 saturated heterocycles. The maximum atomic E-state index is 12.2. The molecule has 0 aromatic heterocycles. The first-order chi connectivity index (χ1) is 9.97. The lowest BCUT2D eigenvalue weighted by atomic mass is 10.2. The number of carbonyl (C=O) groups excluding carboxylic acids is 2. The third-order valence-corrected chi connectivity index (χ3v) is 5.35. The number of benzene rings is 1. The zero-order valence-electron chi connectivity index (χ0n) is 11.5. The first kappa shape index (κ1) is 17.1. The second-order valence-corrected chi connectivity index (χ2v) is 7.67. The number of halogens is 2. The van der Waals surface area contributed by atoms with E-state index >= 15 is 0 Å². The first-order valence-corrected chi connectivity index (χ1v) is 9.23. The van der Waals surface area contributed by atoms with Gasteiger partial charge in [-0.15, -0.1) is 0 Å². The SMILES string of the molecule is CCCN1C(=O)S/C(=C/c2cc(I)c(OC)c(I)c2)C1=O. The van der Waals surface area contributed by atoms with Crippen LogP contribution in [0.15, 0.2) is 17.0 Å². The summed E-state index contributed by atoms with van der Waals surface area (Å²) in [4.78, 5) is 25.8. The lowest BCUT2D eigenvalue weighted by molar-refractivity contribution is -0.122. The Balaban J connectivity index is 2.33. The van der Waals surface area contributed by atoms with Crippen LogP contribution in [0.25, 0.3) is 6.08 Å². The highest BCUT2D eigenvalue weighted by atomic mass is 127. The van der Waals surface area contributed by atoms with Crippen molar-refractivity contribution in [3.8, 4) is 5.75 Å². The molecule has 2 amide bonds. The van der Waals surface area contributed by atoms with Crippen molar-refractivity contribution in [3.63, 3.8) is 0 Å². The molecule has 0 bridgehead atoms. The highest BCUT2D eigenvalue weighted by Gasteiger charge is 2.34. The summed E-state index contributed by atoms with van der Waals surface area (Å²) < 4.78 is 7.26. The number of imide groups is 1. The van der Waals surface area contributed by atoms with E-state index in [2.05, 4.69) is 45.2 Å². The van der Waals surface area contributed by atoms with Crippen molar-refractivity contribution in [3.05, 3.63) is 29.7 Å². The summed E-state index contributed by atoms with van der Waals surface area (Å²) in [5, 5.41) is -0.189. The highest BCUT2D eigenvalue weighted by molar-refractivity contribution is 14.1. The van der Waals surface area contributed by atoms with Crippen LogP contribution in [0.5, 0.6) is 5.75 Å². The van der Waals surface area contributed by atoms with Crippen molar-refractivity contribution in [2.45, 2.75) is 13.3 Å². The maximum absolute atomic E-state index is 12.2. The third kappa shape index (κ3) is 3.73. The van der Waals surface area contributed by atoms with Crippen LogP contribution in [-0.2, 0) is 4.79 Å². The van der Waals surface area contributed by atoms with Gasteiger partial charge < -0.3 is 4.74 Å². The maximum Gasteiger partial charge on any atom is 0.293 e. The molecule has 0 aliphatic carbocycles. The molecule has 4 nitrogen and oxygen atoms in total. The molecule has 112 valence electrons. The van der Waals surface area contributed by atoms with Crippen molar-refractivity contribution < 1.29 is 14.3 Å². The van der Waals surface area contributed by atoms with Crippen molar-refractivity contribution in [1.29, 1.82) is 0 Å². The normalized spacial score (nSPS) is 17.0. The Morgan fingerprint density at radius 1 is 1.29 bits per heavy atom.